The van der Waals surface area contributed by atoms with Crippen LogP contribution in [-0.4, -0.2) is 44.1 Å². The van der Waals surface area contributed by atoms with Gasteiger partial charge in [-0.2, -0.15) is 26.3 Å². The topological polar surface area (TPSA) is 92.9 Å². The fourth-order valence-corrected chi connectivity index (χ4v) is 4.30. The second-order valence-electron chi connectivity index (χ2n) is 9.28. The molecule has 212 valence electrons. The van der Waals surface area contributed by atoms with Crippen LogP contribution in [0.5, 0.6) is 0 Å². The van der Waals surface area contributed by atoms with Crippen molar-refractivity contribution in [3.05, 3.63) is 71.0 Å². The van der Waals surface area contributed by atoms with E-state index in [-0.39, 0.29) is 29.9 Å². The lowest BCUT2D eigenvalue weighted by molar-refractivity contribution is -0.138. The summed E-state index contributed by atoms with van der Waals surface area (Å²) in [6.07, 6.45) is -6.49. The minimum Gasteiger partial charge on any atom is -0.400 e. The van der Waals surface area contributed by atoms with Crippen LogP contribution in [0.4, 0.5) is 32.2 Å². The van der Waals surface area contributed by atoms with Crippen molar-refractivity contribution in [3.63, 3.8) is 0 Å². The van der Waals surface area contributed by atoms with Crippen molar-refractivity contribution in [1.82, 2.24) is 19.5 Å². The van der Waals surface area contributed by atoms with Crippen LogP contribution < -0.4 is 5.32 Å². The van der Waals surface area contributed by atoms with Crippen LogP contribution >= 0.6 is 0 Å². The molecule has 1 aliphatic rings. The highest BCUT2D eigenvalue weighted by molar-refractivity contribution is 5.89. The standard InChI is InChI=1S/C26H21F6N5O.CH4O/c1-14(16-4-5-16)33-22-21-23(35-20(13-38)34-22)36-24(17-6-10-19(11-7-17)26(30,31)32)37(21)12-15-2-8-18(9-3-15)25(27,28)29;1-2/h2-3,6-11,13-14,16H,4-5,12H2,1H3,(H,33,34,35);2H,1H3/t14-;/m1./s1. The molecule has 1 atom stereocenters. The van der Waals surface area contributed by atoms with Gasteiger partial charge < -0.3 is 15.0 Å². The van der Waals surface area contributed by atoms with Crippen LogP contribution in [0.3, 0.4) is 0 Å². The van der Waals surface area contributed by atoms with Crippen molar-refractivity contribution in [1.29, 1.82) is 0 Å². The Bertz CT molecular complexity index is 1480. The van der Waals surface area contributed by atoms with E-state index < -0.39 is 23.5 Å². The Balaban J connectivity index is 0.00000181. The van der Waals surface area contributed by atoms with Gasteiger partial charge in [0.25, 0.3) is 0 Å². The summed E-state index contributed by atoms with van der Waals surface area (Å²) in [5.74, 6) is 0.837. The Labute approximate surface area is 224 Å². The molecule has 1 saturated carbocycles. The molecule has 2 heterocycles. The Morgan fingerprint density at radius 2 is 1.48 bits per heavy atom. The molecular weight excluding hydrogens is 540 g/mol. The van der Waals surface area contributed by atoms with Crippen molar-refractivity contribution < 1.29 is 36.2 Å². The Morgan fingerprint density at radius 3 is 1.98 bits per heavy atom. The summed E-state index contributed by atoms with van der Waals surface area (Å²) < 4.78 is 80.3. The van der Waals surface area contributed by atoms with E-state index in [0.29, 0.717) is 34.7 Å². The van der Waals surface area contributed by atoms with E-state index in [2.05, 4.69) is 20.3 Å². The van der Waals surface area contributed by atoms with Gasteiger partial charge in [-0.3, -0.25) is 4.79 Å². The predicted molar refractivity (Wildman–Crippen MR) is 136 cm³/mol. The number of hydrogen-bond donors (Lipinski definition) is 2. The SMILES string of the molecule is CO.C[C@@H](Nc1nc(C=O)nc2nc(-c3ccc(C(F)(F)F)cc3)n(Cc3ccc(C(F)(F)F)cc3)c12)C1CC1. The van der Waals surface area contributed by atoms with Gasteiger partial charge in [-0.25, -0.2) is 15.0 Å². The van der Waals surface area contributed by atoms with Crippen LogP contribution in [0, 0.1) is 5.92 Å². The number of benzene rings is 2. The van der Waals surface area contributed by atoms with Gasteiger partial charge in [-0.1, -0.05) is 24.3 Å². The number of aliphatic hydroxyl groups is 1. The molecule has 5 rings (SSSR count). The number of nitrogens with one attached hydrogen (secondary N) is 1. The maximum Gasteiger partial charge on any atom is 0.416 e. The average Bonchev–Trinajstić information content (AvgIpc) is 3.71. The van der Waals surface area contributed by atoms with Crippen LogP contribution in [-0.2, 0) is 18.9 Å². The molecule has 0 amide bonds. The smallest absolute Gasteiger partial charge is 0.400 e. The van der Waals surface area contributed by atoms with Crippen molar-refractivity contribution in [3.8, 4) is 11.4 Å². The minimum atomic E-state index is -4.53. The van der Waals surface area contributed by atoms with Crippen molar-refractivity contribution in [2.45, 2.75) is 44.7 Å². The number of rotatable bonds is 7. The molecule has 13 heteroatoms. The number of carbonyl (C=O) groups is 1. The lowest BCUT2D eigenvalue weighted by Crippen LogP contribution is -2.20. The number of aromatic nitrogens is 4. The van der Waals surface area contributed by atoms with Gasteiger partial charge in [0.2, 0.25) is 0 Å². The fraction of sp³-hybridized carbons (Fsp3) is 0.333. The largest absolute Gasteiger partial charge is 0.416 e. The number of carbonyl (C=O) groups excluding carboxylic acids is 1. The summed E-state index contributed by atoms with van der Waals surface area (Å²) in [5, 5.41) is 10.3. The van der Waals surface area contributed by atoms with Gasteiger partial charge in [-0.15, -0.1) is 0 Å². The second kappa shape index (κ2) is 11.2. The average molecular weight is 566 g/mol. The third kappa shape index (κ3) is 6.24. The predicted octanol–water partition coefficient (Wildman–Crippen LogP) is 6.21. The molecule has 2 N–H and O–H groups in total. The Hall–Kier alpha value is -4.00. The first-order valence-corrected chi connectivity index (χ1v) is 12.2. The second-order valence-corrected chi connectivity index (χ2v) is 9.28. The molecule has 40 heavy (non-hydrogen) atoms. The molecule has 0 bridgehead atoms. The number of fused-ring (bicyclic) bond motifs is 1. The van der Waals surface area contributed by atoms with E-state index in [1.165, 1.54) is 24.3 Å². The monoisotopic (exact) mass is 565 g/mol. The van der Waals surface area contributed by atoms with Crippen molar-refractivity contribution in [2.75, 3.05) is 12.4 Å². The van der Waals surface area contributed by atoms with Crippen LogP contribution in [0.1, 0.15) is 47.1 Å². The summed E-state index contributed by atoms with van der Waals surface area (Å²) in [6.45, 7) is 2.00. The summed E-state index contributed by atoms with van der Waals surface area (Å²) in [4.78, 5) is 24.6. The first-order chi connectivity index (χ1) is 18.9. The Kier molecular flexibility index (Phi) is 8.15. The third-order valence-electron chi connectivity index (χ3n) is 6.51. The highest BCUT2D eigenvalue weighted by Crippen LogP contribution is 2.37. The minimum absolute atomic E-state index is 0.0107. The number of hydrogen-bond acceptors (Lipinski definition) is 6. The summed E-state index contributed by atoms with van der Waals surface area (Å²) in [5.41, 5.74) is -0.301. The first kappa shape index (κ1) is 29.0. The molecule has 2 aromatic heterocycles. The van der Waals surface area contributed by atoms with Gasteiger partial charge in [0.15, 0.2) is 23.6 Å². The molecule has 1 fully saturated rings. The molecule has 0 radical (unpaired) electrons. The van der Waals surface area contributed by atoms with Crippen LogP contribution in [0.2, 0.25) is 0 Å². The highest BCUT2D eigenvalue weighted by Gasteiger charge is 2.32. The lowest BCUT2D eigenvalue weighted by atomic mass is 10.1. The maximum atomic E-state index is 13.1. The zero-order chi connectivity index (χ0) is 29.2. The molecular formula is C27H25F6N5O2. The van der Waals surface area contributed by atoms with E-state index in [1.54, 1.807) is 4.57 Å². The Morgan fingerprint density at radius 1 is 0.925 bits per heavy atom. The fourth-order valence-electron chi connectivity index (χ4n) is 4.30. The van der Waals surface area contributed by atoms with Gasteiger partial charge in [0, 0.05) is 25.3 Å². The third-order valence-corrected chi connectivity index (χ3v) is 6.51. The highest BCUT2D eigenvalue weighted by atomic mass is 19.4. The van der Waals surface area contributed by atoms with E-state index >= 15 is 0 Å². The zero-order valence-electron chi connectivity index (χ0n) is 21.4. The normalized spacial score (nSPS) is 14.4. The number of aliphatic hydroxyl groups excluding tert-OH is 1. The molecule has 0 aliphatic heterocycles. The number of nitrogens with zero attached hydrogens (tertiary/aromatic N) is 4. The number of aldehydes is 1. The quantitative estimate of drug-likeness (QED) is 0.205. The first-order valence-electron chi connectivity index (χ1n) is 12.2. The van der Waals surface area contributed by atoms with E-state index in [0.717, 1.165) is 44.2 Å². The molecule has 1 aliphatic carbocycles. The molecule has 0 unspecified atom stereocenters. The molecule has 4 aromatic rings. The molecule has 0 spiro atoms. The van der Waals surface area contributed by atoms with E-state index in [9.17, 15) is 31.1 Å². The number of halogens is 6. The zero-order valence-corrected chi connectivity index (χ0v) is 21.4. The molecule has 0 saturated heterocycles. The summed E-state index contributed by atoms with van der Waals surface area (Å²) >= 11 is 0. The molecule has 2 aromatic carbocycles. The van der Waals surface area contributed by atoms with Gasteiger partial charge in [-0.05, 0) is 55.5 Å². The lowest BCUT2D eigenvalue weighted by Gasteiger charge is -2.17. The number of anilines is 1. The number of imidazole rings is 1. The summed E-state index contributed by atoms with van der Waals surface area (Å²) in [7, 11) is 1.00. The molecule has 7 nitrogen and oxygen atoms in total. The van der Waals surface area contributed by atoms with Gasteiger partial charge in [0.1, 0.15) is 11.3 Å². The van der Waals surface area contributed by atoms with Crippen LogP contribution in [0.15, 0.2) is 48.5 Å². The number of alkyl halides is 6. The van der Waals surface area contributed by atoms with Gasteiger partial charge >= 0.3 is 12.4 Å². The van der Waals surface area contributed by atoms with Gasteiger partial charge in [0.05, 0.1) is 11.1 Å². The van der Waals surface area contributed by atoms with E-state index in [1.807, 2.05) is 6.92 Å². The van der Waals surface area contributed by atoms with Crippen molar-refractivity contribution in [2.24, 2.45) is 5.92 Å². The summed E-state index contributed by atoms with van der Waals surface area (Å²) in [6, 6.07) is 8.96. The maximum absolute atomic E-state index is 13.1. The van der Waals surface area contributed by atoms with E-state index in [4.69, 9.17) is 5.11 Å². The van der Waals surface area contributed by atoms with Crippen molar-refractivity contribution >= 4 is 23.3 Å². The van der Waals surface area contributed by atoms with Crippen LogP contribution in [0.25, 0.3) is 22.6 Å².